The van der Waals surface area contributed by atoms with Crippen molar-refractivity contribution in [2.75, 3.05) is 9.80 Å². The number of hydrogen-bond donors (Lipinski definition) is 0. The summed E-state index contributed by atoms with van der Waals surface area (Å²) < 4.78 is 63.5. The van der Waals surface area contributed by atoms with Crippen LogP contribution in [0.1, 0.15) is 22.3 Å². The van der Waals surface area contributed by atoms with E-state index in [2.05, 4.69) is 122 Å². The van der Waals surface area contributed by atoms with Crippen molar-refractivity contribution in [1.82, 2.24) is 0 Å². The zero-order valence-corrected chi connectivity index (χ0v) is 41.2. The molecule has 0 heterocycles. The molecule has 0 atom stereocenters. The lowest BCUT2D eigenvalue weighted by Crippen LogP contribution is -2.12. The number of aryl methyl sites for hydroxylation is 4. The molecule has 0 aliphatic rings. The van der Waals surface area contributed by atoms with Gasteiger partial charge < -0.3 is 9.80 Å². The van der Waals surface area contributed by atoms with Gasteiger partial charge in [0.05, 0.1) is 11.4 Å². The van der Waals surface area contributed by atoms with Crippen molar-refractivity contribution in [3.05, 3.63) is 264 Å². The third-order valence-corrected chi connectivity index (χ3v) is 14.1. The Kier molecular flexibility index (Phi) is 11.6. The molecule has 12 rings (SSSR count). The average molecular weight is 969 g/mol. The monoisotopic (exact) mass is 968 g/mol. The minimum absolute atomic E-state index is 0.377. The van der Waals surface area contributed by atoms with Crippen LogP contribution in [0.5, 0.6) is 0 Å². The van der Waals surface area contributed by atoms with Crippen LogP contribution in [0.3, 0.4) is 0 Å². The van der Waals surface area contributed by atoms with Crippen molar-refractivity contribution < 1.29 is 17.6 Å². The minimum Gasteiger partial charge on any atom is -0.310 e. The molecule has 0 fully saturated rings. The fourth-order valence-corrected chi connectivity index (χ4v) is 11.1. The van der Waals surface area contributed by atoms with Crippen molar-refractivity contribution in [3.8, 4) is 44.5 Å². The highest BCUT2D eigenvalue weighted by Crippen LogP contribution is 2.50. The topological polar surface area (TPSA) is 6.48 Å². The van der Waals surface area contributed by atoms with E-state index in [1.54, 1.807) is 48.5 Å². The summed E-state index contributed by atoms with van der Waals surface area (Å²) in [4.78, 5) is 4.42. The Morgan fingerprint density at radius 1 is 0.270 bits per heavy atom. The molecule has 0 aliphatic heterocycles. The van der Waals surface area contributed by atoms with E-state index in [0.717, 1.165) is 88.7 Å². The highest BCUT2D eigenvalue weighted by atomic mass is 19.1. The largest absolute Gasteiger partial charge is 0.310 e. The summed E-state index contributed by atoms with van der Waals surface area (Å²) in [5.41, 5.74) is 13.3. The zero-order valence-electron chi connectivity index (χ0n) is 41.2. The van der Waals surface area contributed by atoms with Gasteiger partial charge in [-0.05, 0) is 191 Å². The number of anilines is 6. The van der Waals surface area contributed by atoms with Crippen LogP contribution in [0.2, 0.25) is 0 Å². The van der Waals surface area contributed by atoms with Crippen LogP contribution < -0.4 is 9.80 Å². The molecule has 0 saturated heterocycles. The smallest absolute Gasteiger partial charge is 0.131 e. The van der Waals surface area contributed by atoms with Gasteiger partial charge in [0, 0.05) is 55.8 Å². The Balaban J connectivity index is 1.13. The molecular formula is C68H48F4N2. The second kappa shape index (κ2) is 18.6. The lowest BCUT2D eigenvalue weighted by molar-refractivity contribution is 0.630. The summed E-state index contributed by atoms with van der Waals surface area (Å²) in [5, 5.41) is 6.10. The SMILES string of the molecule is Cc1cc(C)cc(N(c2cc(-c3ccccc3F)cc(-c3ccccc3F)c2)c2ccc3ccc4c(N(c5cc(C)cc(C)c5)c5cc(-c6ccccc6F)cc(-c6ccccc6F)c5)ccc5ccc2c3c54)c1. The molecule has 0 aliphatic carbocycles. The Labute approximate surface area is 428 Å². The Hall–Kier alpha value is -9.00. The molecule has 0 saturated carbocycles. The number of halogens is 4. The maximum atomic E-state index is 15.9. The van der Waals surface area contributed by atoms with Crippen molar-refractivity contribution in [3.63, 3.8) is 0 Å². The second-order valence-corrected chi connectivity index (χ2v) is 19.4. The molecule has 2 nitrogen and oxygen atoms in total. The van der Waals surface area contributed by atoms with E-state index in [1.165, 1.54) is 24.3 Å². The minimum atomic E-state index is -0.377. The molecule has 0 N–H and O–H groups in total. The molecule has 6 heteroatoms. The molecule has 0 aromatic heterocycles. The first-order valence-corrected chi connectivity index (χ1v) is 24.7. The summed E-state index contributed by atoms with van der Waals surface area (Å²) in [6.45, 7) is 8.31. The van der Waals surface area contributed by atoms with Crippen molar-refractivity contribution in [1.29, 1.82) is 0 Å². The van der Waals surface area contributed by atoms with Gasteiger partial charge in [0.1, 0.15) is 23.3 Å². The van der Waals surface area contributed by atoms with Gasteiger partial charge in [0.25, 0.3) is 0 Å². The number of benzene rings is 12. The maximum Gasteiger partial charge on any atom is 0.131 e. The van der Waals surface area contributed by atoms with E-state index >= 15 is 17.6 Å². The van der Waals surface area contributed by atoms with Crippen LogP contribution in [-0.2, 0) is 0 Å². The van der Waals surface area contributed by atoms with Crippen molar-refractivity contribution in [2.45, 2.75) is 27.7 Å². The third kappa shape index (κ3) is 8.28. The van der Waals surface area contributed by atoms with Gasteiger partial charge in [-0.3, -0.25) is 0 Å². The molecule has 0 amide bonds. The highest BCUT2D eigenvalue weighted by Gasteiger charge is 2.25. The number of hydrogen-bond acceptors (Lipinski definition) is 2. The molecule has 12 aromatic rings. The first-order chi connectivity index (χ1) is 35.9. The first kappa shape index (κ1) is 46.1. The number of rotatable bonds is 10. The Bertz CT molecular complexity index is 3720. The maximum absolute atomic E-state index is 15.9. The third-order valence-electron chi connectivity index (χ3n) is 14.1. The molecule has 12 aromatic carbocycles. The predicted octanol–water partition coefficient (Wildman–Crippen LogP) is 20.0. The first-order valence-electron chi connectivity index (χ1n) is 24.7. The molecule has 0 unspecified atom stereocenters. The molecule has 74 heavy (non-hydrogen) atoms. The Morgan fingerprint density at radius 2 is 0.541 bits per heavy atom. The predicted molar refractivity (Wildman–Crippen MR) is 300 cm³/mol. The van der Waals surface area contributed by atoms with Crippen LogP contribution >= 0.6 is 0 Å². The van der Waals surface area contributed by atoms with Gasteiger partial charge in [-0.1, -0.05) is 121 Å². The molecular weight excluding hydrogens is 921 g/mol. The zero-order chi connectivity index (χ0) is 50.8. The second-order valence-electron chi connectivity index (χ2n) is 19.4. The van der Waals surface area contributed by atoms with Crippen LogP contribution in [0.4, 0.5) is 51.7 Å². The molecule has 358 valence electrons. The summed E-state index contributed by atoms with van der Waals surface area (Å²) in [5.74, 6) is -1.51. The van der Waals surface area contributed by atoms with E-state index in [4.69, 9.17) is 0 Å². The number of nitrogens with zero attached hydrogens (tertiary/aromatic N) is 2. The molecule has 0 bridgehead atoms. The molecule has 0 spiro atoms. The van der Waals surface area contributed by atoms with Crippen LogP contribution in [0, 0.1) is 51.0 Å². The fraction of sp³-hybridized carbons (Fsp3) is 0.0588. The normalized spacial score (nSPS) is 11.5. The van der Waals surface area contributed by atoms with Crippen LogP contribution in [-0.4, -0.2) is 0 Å². The van der Waals surface area contributed by atoms with Crippen molar-refractivity contribution in [2.24, 2.45) is 0 Å². The van der Waals surface area contributed by atoms with E-state index < -0.39 is 0 Å². The summed E-state index contributed by atoms with van der Waals surface area (Å²) in [6.07, 6.45) is 0. The summed E-state index contributed by atoms with van der Waals surface area (Å²) in [7, 11) is 0. The lowest BCUT2D eigenvalue weighted by atomic mass is 9.91. The quantitative estimate of drug-likeness (QED) is 0.0995. The fourth-order valence-electron chi connectivity index (χ4n) is 11.1. The van der Waals surface area contributed by atoms with Crippen molar-refractivity contribution >= 4 is 66.4 Å². The van der Waals surface area contributed by atoms with Gasteiger partial charge in [0.2, 0.25) is 0 Å². The van der Waals surface area contributed by atoms with Gasteiger partial charge in [-0.25, -0.2) is 17.6 Å². The molecule has 0 radical (unpaired) electrons. The van der Waals surface area contributed by atoms with E-state index in [-0.39, 0.29) is 23.3 Å². The van der Waals surface area contributed by atoms with Crippen LogP contribution in [0.15, 0.2) is 218 Å². The summed E-state index contributed by atoms with van der Waals surface area (Å²) in [6, 6.07) is 68.6. The highest BCUT2D eigenvalue weighted by molar-refractivity contribution is 6.28. The van der Waals surface area contributed by atoms with Gasteiger partial charge in [-0.2, -0.15) is 0 Å². The standard InChI is InChI=1S/C68H48F4N2/c1-41-29-42(2)32-51(31-41)73(53-37-47(55-13-5-9-17-61(55)69)35-48(38-53)56-14-6-10-18-62(56)70)65-27-23-45-22-26-60-66(28-24-46-21-25-59(65)67(45)68(46)60)74(52-33-43(3)30-44(4)34-52)54-39-49(57-15-7-11-19-63(57)71)36-50(40-54)58-16-8-12-20-64(58)72/h5-40H,1-4H3. The average Bonchev–Trinajstić information content (AvgIpc) is 3.39. The Morgan fingerprint density at radius 3 is 0.838 bits per heavy atom. The van der Waals surface area contributed by atoms with E-state index in [9.17, 15) is 0 Å². The van der Waals surface area contributed by atoms with Gasteiger partial charge in [-0.15, -0.1) is 0 Å². The van der Waals surface area contributed by atoms with Crippen LogP contribution in [0.25, 0.3) is 76.8 Å². The van der Waals surface area contributed by atoms with Gasteiger partial charge in [0.15, 0.2) is 0 Å². The summed E-state index contributed by atoms with van der Waals surface area (Å²) >= 11 is 0. The van der Waals surface area contributed by atoms with E-state index in [1.807, 2.05) is 60.7 Å². The van der Waals surface area contributed by atoms with Gasteiger partial charge >= 0.3 is 0 Å². The van der Waals surface area contributed by atoms with E-state index in [0.29, 0.717) is 44.5 Å². The lowest BCUT2D eigenvalue weighted by Gasteiger charge is -2.31.